The van der Waals surface area contributed by atoms with E-state index in [4.69, 9.17) is 4.74 Å². The quantitative estimate of drug-likeness (QED) is 0.480. The number of benzene rings is 2. The van der Waals surface area contributed by atoms with Crippen LogP contribution in [0.4, 0.5) is 0 Å². The minimum absolute atomic E-state index is 0.146. The van der Waals surface area contributed by atoms with Gasteiger partial charge in [-0.25, -0.2) is 4.79 Å². The van der Waals surface area contributed by atoms with Gasteiger partial charge in [0.05, 0.1) is 17.6 Å². The fourth-order valence-corrected chi connectivity index (χ4v) is 3.63. The van der Waals surface area contributed by atoms with Crippen LogP contribution in [0, 0.1) is 6.92 Å². The van der Waals surface area contributed by atoms with Gasteiger partial charge in [0.25, 0.3) is 5.56 Å². The average molecular weight is 386 g/mol. The Morgan fingerprint density at radius 1 is 0.931 bits per heavy atom. The Kier molecular flexibility index (Phi) is 5.04. The summed E-state index contributed by atoms with van der Waals surface area (Å²) >= 11 is 0. The van der Waals surface area contributed by atoms with Gasteiger partial charge >= 0.3 is 5.97 Å². The highest BCUT2D eigenvalue weighted by molar-refractivity contribution is 5.95. The monoisotopic (exact) mass is 386 g/mol. The van der Waals surface area contributed by atoms with Crippen molar-refractivity contribution < 1.29 is 9.53 Å². The van der Waals surface area contributed by atoms with Crippen LogP contribution in [0.3, 0.4) is 0 Å². The van der Waals surface area contributed by atoms with Crippen LogP contribution in [0.2, 0.25) is 0 Å². The van der Waals surface area contributed by atoms with E-state index in [1.165, 1.54) is 6.07 Å². The molecule has 0 N–H and O–H groups in total. The number of rotatable bonds is 5. The Balaban J connectivity index is 1.96. The predicted octanol–water partition coefficient (Wildman–Crippen LogP) is 4.33. The standard InChI is InChI=1S/C24H22N2O3/c1-3-29-24(28)22-15-21-20(25(22)16-18-9-7-8-17(2)14-18)12-13-23(27)26(21)19-10-5-4-6-11-19/h4-15H,3,16H2,1-2H3. The molecule has 0 bridgehead atoms. The molecule has 2 heterocycles. The van der Waals surface area contributed by atoms with Crippen molar-refractivity contribution in [2.75, 3.05) is 6.61 Å². The molecule has 4 rings (SSSR count). The highest BCUT2D eigenvalue weighted by Crippen LogP contribution is 2.24. The maximum absolute atomic E-state index is 12.7. The molecule has 0 radical (unpaired) electrons. The first-order valence-corrected chi connectivity index (χ1v) is 9.62. The summed E-state index contributed by atoms with van der Waals surface area (Å²) in [6.45, 7) is 4.62. The number of carbonyl (C=O) groups is 1. The molecule has 5 heteroatoms. The molecule has 0 aliphatic carbocycles. The molecule has 0 aliphatic rings. The van der Waals surface area contributed by atoms with Gasteiger partial charge < -0.3 is 9.30 Å². The summed E-state index contributed by atoms with van der Waals surface area (Å²) in [6.07, 6.45) is 0. The Morgan fingerprint density at radius 2 is 1.72 bits per heavy atom. The number of hydrogen-bond acceptors (Lipinski definition) is 3. The Labute approximate surface area is 168 Å². The van der Waals surface area contributed by atoms with Crippen molar-refractivity contribution in [3.05, 3.63) is 100.0 Å². The Bertz CT molecular complexity index is 1240. The van der Waals surface area contributed by atoms with E-state index < -0.39 is 5.97 Å². The molecule has 0 fully saturated rings. The number of para-hydroxylation sites is 1. The molecule has 0 amide bonds. The van der Waals surface area contributed by atoms with Crippen LogP contribution in [0.1, 0.15) is 28.5 Å². The van der Waals surface area contributed by atoms with Crippen LogP contribution in [0.5, 0.6) is 0 Å². The molecule has 0 saturated heterocycles. The number of hydrogen-bond donors (Lipinski definition) is 0. The van der Waals surface area contributed by atoms with Gasteiger partial charge in [0, 0.05) is 18.3 Å². The first kappa shape index (κ1) is 18.7. The van der Waals surface area contributed by atoms with Crippen LogP contribution in [0.15, 0.2) is 77.6 Å². The minimum atomic E-state index is -0.400. The van der Waals surface area contributed by atoms with Gasteiger partial charge in [0.1, 0.15) is 5.69 Å². The molecule has 146 valence electrons. The molecule has 29 heavy (non-hydrogen) atoms. The van der Waals surface area contributed by atoms with Gasteiger partial charge in [0.15, 0.2) is 0 Å². The number of aromatic nitrogens is 2. The third-order valence-electron chi connectivity index (χ3n) is 4.88. The third-order valence-corrected chi connectivity index (χ3v) is 4.88. The summed E-state index contributed by atoms with van der Waals surface area (Å²) in [4.78, 5) is 25.4. The second-order valence-electron chi connectivity index (χ2n) is 6.94. The normalized spacial score (nSPS) is 11.0. The molecule has 2 aromatic carbocycles. The zero-order valence-electron chi connectivity index (χ0n) is 16.5. The molecule has 0 aliphatic heterocycles. The van der Waals surface area contributed by atoms with Crippen molar-refractivity contribution in [2.45, 2.75) is 20.4 Å². The van der Waals surface area contributed by atoms with Gasteiger partial charge in [-0.1, -0.05) is 48.0 Å². The maximum atomic E-state index is 12.7. The van der Waals surface area contributed by atoms with E-state index >= 15 is 0 Å². The summed E-state index contributed by atoms with van der Waals surface area (Å²) in [5.41, 5.74) is 4.75. The molecule has 0 saturated carbocycles. The smallest absolute Gasteiger partial charge is 0.355 e. The van der Waals surface area contributed by atoms with Crippen LogP contribution >= 0.6 is 0 Å². The molecule has 4 aromatic rings. The largest absolute Gasteiger partial charge is 0.461 e. The summed E-state index contributed by atoms with van der Waals surface area (Å²) < 4.78 is 8.84. The Hall–Kier alpha value is -3.60. The summed E-state index contributed by atoms with van der Waals surface area (Å²) in [7, 11) is 0. The van der Waals surface area contributed by atoms with Gasteiger partial charge in [-0.15, -0.1) is 0 Å². The van der Waals surface area contributed by atoms with E-state index in [1.54, 1.807) is 23.6 Å². The molecule has 5 nitrogen and oxygen atoms in total. The van der Waals surface area contributed by atoms with Crippen molar-refractivity contribution in [1.29, 1.82) is 0 Å². The molecular formula is C24H22N2O3. The lowest BCUT2D eigenvalue weighted by Crippen LogP contribution is -2.17. The lowest BCUT2D eigenvalue weighted by molar-refractivity contribution is 0.0515. The average Bonchev–Trinajstić information content (AvgIpc) is 3.07. The fourth-order valence-electron chi connectivity index (χ4n) is 3.63. The SMILES string of the molecule is CCOC(=O)c1cc2c(ccc(=O)n2-c2ccccc2)n1Cc1cccc(C)c1. The van der Waals surface area contributed by atoms with Crippen molar-refractivity contribution in [1.82, 2.24) is 9.13 Å². The zero-order chi connectivity index (χ0) is 20.4. The van der Waals surface area contributed by atoms with Crippen molar-refractivity contribution in [3.63, 3.8) is 0 Å². The lowest BCUT2D eigenvalue weighted by atomic mass is 10.1. The molecule has 0 atom stereocenters. The molecule has 0 unspecified atom stereocenters. The van der Waals surface area contributed by atoms with Gasteiger partial charge in [0.2, 0.25) is 0 Å². The molecule has 2 aromatic heterocycles. The number of carbonyl (C=O) groups excluding carboxylic acids is 1. The predicted molar refractivity (Wildman–Crippen MR) is 114 cm³/mol. The first-order chi connectivity index (χ1) is 14.1. The van der Waals surface area contributed by atoms with Crippen LogP contribution in [-0.4, -0.2) is 21.7 Å². The van der Waals surface area contributed by atoms with Crippen molar-refractivity contribution in [2.24, 2.45) is 0 Å². The second-order valence-corrected chi connectivity index (χ2v) is 6.94. The second kappa shape index (κ2) is 7.80. The number of fused-ring (bicyclic) bond motifs is 1. The van der Waals surface area contributed by atoms with E-state index in [0.717, 1.165) is 22.3 Å². The summed E-state index contributed by atoms with van der Waals surface area (Å²) in [5.74, 6) is -0.400. The molecule has 0 spiro atoms. The maximum Gasteiger partial charge on any atom is 0.355 e. The fraction of sp³-hybridized carbons (Fsp3) is 0.167. The van der Waals surface area contributed by atoms with E-state index in [-0.39, 0.29) is 12.2 Å². The summed E-state index contributed by atoms with van der Waals surface area (Å²) in [6, 6.07) is 22.6. The number of pyridine rings is 1. The van der Waals surface area contributed by atoms with Gasteiger partial charge in [-0.05, 0) is 43.7 Å². The summed E-state index contributed by atoms with van der Waals surface area (Å²) in [5, 5.41) is 0. The van der Waals surface area contributed by atoms with E-state index in [9.17, 15) is 9.59 Å². The first-order valence-electron chi connectivity index (χ1n) is 9.62. The Morgan fingerprint density at radius 3 is 2.45 bits per heavy atom. The van der Waals surface area contributed by atoms with Crippen LogP contribution in [0.25, 0.3) is 16.7 Å². The van der Waals surface area contributed by atoms with Crippen molar-refractivity contribution in [3.8, 4) is 5.69 Å². The highest BCUT2D eigenvalue weighted by atomic mass is 16.5. The van der Waals surface area contributed by atoms with Crippen molar-refractivity contribution >= 4 is 17.0 Å². The van der Waals surface area contributed by atoms with Crippen LogP contribution < -0.4 is 5.56 Å². The van der Waals surface area contributed by atoms with E-state index in [0.29, 0.717) is 17.8 Å². The minimum Gasteiger partial charge on any atom is -0.461 e. The zero-order valence-corrected chi connectivity index (χ0v) is 16.5. The molecular weight excluding hydrogens is 364 g/mol. The number of ether oxygens (including phenoxy) is 1. The van der Waals surface area contributed by atoms with Gasteiger partial charge in [-0.3, -0.25) is 9.36 Å². The lowest BCUT2D eigenvalue weighted by Gasteiger charge is -2.12. The highest BCUT2D eigenvalue weighted by Gasteiger charge is 2.20. The van der Waals surface area contributed by atoms with Crippen LogP contribution in [-0.2, 0) is 11.3 Å². The third kappa shape index (κ3) is 3.59. The number of esters is 1. The van der Waals surface area contributed by atoms with E-state index in [1.807, 2.05) is 60.0 Å². The van der Waals surface area contributed by atoms with E-state index in [2.05, 4.69) is 6.07 Å². The topological polar surface area (TPSA) is 53.2 Å². The number of nitrogens with zero attached hydrogens (tertiary/aromatic N) is 2. The number of aryl methyl sites for hydroxylation is 1. The van der Waals surface area contributed by atoms with Gasteiger partial charge in [-0.2, -0.15) is 0 Å².